The summed E-state index contributed by atoms with van der Waals surface area (Å²) in [6.07, 6.45) is 3.42. The molecule has 0 saturated carbocycles. The van der Waals surface area contributed by atoms with Crippen LogP contribution in [0.25, 0.3) is 0 Å². The summed E-state index contributed by atoms with van der Waals surface area (Å²) in [5.41, 5.74) is 0.821. The van der Waals surface area contributed by atoms with Crippen molar-refractivity contribution >= 4 is 5.78 Å². The van der Waals surface area contributed by atoms with E-state index < -0.39 is 0 Å². The molecule has 3 nitrogen and oxygen atoms in total. The fourth-order valence-electron chi connectivity index (χ4n) is 1.76. The van der Waals surface area contributed by atoms with Crippen LogP contribution in [0.3, 0.4) is 0 Å². The van der Waals surface area contributed by atoms with Crippen LogP contribution in [0, 0.1) is 0 Å². The molecule has 2 atom stereocenters. The van der Waals surface area contributed by atoms with E-state index in [1.165, 1.54) is 6.92 Å². The van der Waals surface area contributed by atoms with E-state index in [1.807, 2.05) is 43.3 Å². The molecular weight excluding hydrogens is 228 g/mol. The number of carbonyl (C=O) groups excluding carboxylic acids is 1. The predicted octanol–water partition coefficient (Wildman–Crippen LogP) is 2.51. The third kappa shape index (κ3) is 3.52. The van der Waals surface area contributed by atoms with Gasteiger partial charge in [-0.1, -0.05) is 30.3 Å². The standard InChI is InChI=1S/C15H18O3/c1-12(16)8-9-15(2)14(18-15)11-17-10-13-6-4-3-5-7-13/h3-9,14H,10-11H2,1-2H3/b9-8+/t14-,15+/m1/s1. The predicted molar refractivity (Wildman–Crippen MR) is 69.2 cm³/mol. The molecule has 0 bridgehead atoms. The second kappa shape index (κ2) is 5.46. The minimum Gasteiger partial charge on any atom is -0.374 e. The van der Waals surface area contributed by atoms with Crippen molar-refractivity contribution < 1.29 is 14.3 Å². The van der Waals surface area contributed by atoms with E-state index >= 15 is 0 Å². The summed E-state index contributed by atoms with van der Waals surface area (Å²) >= 11 is 0. The molecule has 1 saturated heterocycles. The van der Waals surface area contributed by atoms with Crippen LogP contribution in [0.4, 0.5) is 0 Å². The molecule has 2 rings (SSSR count). The van der Waals surface area contributed by atoms with Gasteiger partial charge in [0.2, 0.25) is 0 Å². The van der Waals surface area contributed by atoms with Gasteiger partial charge in [0.05, 0.1) is 13.2 Å². The van der Waals surface area contributed by atoms with Crippen molar-refractivity contribution in [3.63, 3.8) is 0 Å². The Bertz CT molecular complexity index is 438. The van der Waals surface area contributed by atoms with Crippen LogP contribution in [0.15, 0.2) is 42.5 Å². The van der Waals surface area contributed by atoms with Crippen molar-refractivity contribution in [3.05, 3.63) is 48.0 Å². The Labute approximate surface area is 107 Å². The summed E-state index contributed by atoms with van der Waals surface area (Å²) in [6, 6.07) is 10.0. The lowest BCUT2D eigenvalue weighted by Crippen LogP contribution is -2.12. The first-order chi connectivity index (χ1) is 8.60. The third-order valence-corrected chi connectivity index (χ3v) is 3.01. The molecule has 3 heteroatoms. The minimum atomic E-state index is -0.331. The van der Waals surface area contributed by atoms with Gasteiger partial charge in [0.15, 0.2) is 5.78 Å². The highest BCUT2D eigenvalue weighted by atomic mass is 16.6. The highest BCUT2D eigenvalue weighted by molar-refractivity contribution is 5.87. The molecule has 1 aromatic rings. The zero-order valence-electron chi connectivity index (χ0n) is 10.8. The van der Waals surface area contributed by atoms with Crippen molar-refractivity contribution in [2.24, 2.45) is 0 Å². The molecule has 1 aliphatic heterocycles. The minimum absolute atomic E-state index is 0.0377. The summed E-state index contributed by atoms with van der Waals surface area (Å²) < 4.78 is 11.1. The van der Waals surface area contributed by atoms with E-state index in [1.54, 1.807) is 6.08 Å². The van der Waals surface area contributed by atoms with Crippen LogP contribution >= 0.6 is 0 Å². The van der Waals surface area contributed by atoms with E-state index in [0.29, 0.717) is 13.2 Å². The van der Waals surface area contributed by atoms with Gasteiger partial charge in [0.1, 0.15) is 11.7 Å². The molecule has 0 unspecified atom stereocenters. The lowest BCUT2D eigenvalue weighted by Gasteiger charge is -2.03. The number of ether oxygens (including phenoxy) is 2. The van der Waals surface area contributed by atoms with E-state index in [2.05, 4.69) is 0 Å². The van der Waals surface area contributed by atoms with Crippen LogP contribution in [0.1, 0.15) is 19.4 Å². The van der Waals surface area contributed by atoms with Gasteiger partial charge in [-0.3, -0.25) is 4.79 Å². The second-order valence-electron chi connectivity index (χ2n) is 4.74. The number of carbonyl (C=O) groups is 1. The SMILES string of the molecule is CC(=O)/C=C/[C@]1(C)O[C@@H]1COCc1ccccc1. The maximum absolute atomic E-state index is 10.9. The number of ketones is 1. The fraction of sp³-hybridized carbons (Fsp3) is 0.400. The molecule has 0 radical (unpaired) electrons. The summed E-state index contributed by atoms with van der Waals surface area (Å²) in [4.78, 5) is 10.9. The number of hydrogen-bond donors (Lipinski definition) is 0. The molecule has 1 aromatic carbocycles. The molecule has 1 heterocycles. The van der Waals surface area contributed by atoms with Crippen LogP contribution in [0.2, 0.25) is 0 Å². The topological polar surface area (TPSA) is 38.8 Å². The van der Waals surface area contributed by atoms with E-state index in [0.717, 1.165) is 5.56 Å². The summed E-state index contributed by atoms with van der Waals surface area (Å²) in [5, 5.41) is 0. The lowest BCUT2D eigenvalue weighted by molar-refractivity contribution is -0.112. The first-order valence-electron chi connectivity index (χ1n) is 6.09. The Morgan fingerprint density at radius 2 is 2.17 bits per heavy atom. The van der Waals surface area contributed by atoms with Gasteiger partial charge >= 0.3 is 0 Å². The molecule has 1 fully saturated rings. The van der Waals surface area contributed by atoms with Crippen molar-refractivity contribution in [3.8, 4) is 0 Å². The Balaban J connectivity index is 1.72. The van der Waals surface area contributed by atoms with Gasteiger partial charge in [0, 0.05) is 0 Å². The van der Waals surface area contributed by atoms with Crippen LogP contribution < -0.4 is 0 Å². The molecule has 1 aliphatic rings. The van der Waals surface area contributed by atoms with Gasteiger partial charge in [-0.05, 0) is 31.6 Å². The number of epoxide rings is 1. The first-order valence-corrected chi connectivity index (χ1v) is 6.09. The molecule has 0 amide bonds. The van der Waals surface area contributed by atoms with Crippen molar-refractivity contribution in [1.82, 2.24) is 0 Å². The molecule has 0 aromatic heterocycles. The summed E-state index contributed by atoms with van der Waals surface area (Å²) in [5.74, 6) is 0.0377. The second-order valence-corrected chi connectivity index (χ2v) is 4.74. The van der Waals surface area contributed by atoms with E-state index in [-0.39, 0.29) is 17.5 Å². The normalized spacial score (nSPS) is 26.4. The smallest absolute Gasteiger partial charge is 0.152 e. The van der Waals surface area contributed by atoms with Crippen LogP contribution in [-0.2, 0) is 20.9 Å². The molecule has 0 aliphatic carbocycles. The van der Waals surface area contributed by atoms with E-state index in [4.69, 9.17) is 9.47 Å². The fourth-order valence-corrected chi connectivity index (χ4v) is 1.76. The number of benzene rings is 1. The quantitative estimate of drug-likeness (QED) is 0.572. The van der Waals surface area contributed by atoms with Crippen LogP contribution in [-0.4, -0.2) is 24.1 Å². The summed E-state index contributed by atoms with van der Waals surface area (Å²) in [6.45, 7) is 4.63. The van der Waals surface area contributed by atoms with Gasteiger partial charge in [-0.25, -0.2) is 0 Å². The van der Waals surface area contributed by atoms with Crippen molar-refractivity contribution in [2.75, 3.05) is 6.61 Å². The zero-order valence-corrected chi connectivity index (χ0v) is 10.8. The van der Waals surface area contributed by atoms with Gasteiger partial charge in [0.25, 0.3) is 0 Å². The van der Waals surface area contributed by atoms with Crippen LogP contribution in [0.5, 0.6) is 0 Å². The van der Waals surface area contributed by atoms with Gasteiger partial charge < -0.3 is 9.47 Å². The maximum Gasteiger partial charge on any atom is 0.152 e. The van der Waals surface area contributed by atoms with Crippen molar-refractivity contribution in [2.45, 2.75) is 32.2 Å². The molecule has 0 spiro atoms. The zero-order chi connectivity index (χ0) is 13.0. The van der Waals surface area contributed by atoms with Gasteiger partial charge in [-0.2, -0.15) is 0 Å². The maximum atomic E-state index is 10.9. The molecular formula is C15H18O3. The Kier molecular flexibility index (Phi) is 3.94. The monoisotopic (exact) mass is 246 g/mol. The highest BCUT2D eigenvalue weighted by Crippen LogP contribution is 2.37. The Hall–Kier alpha value is -1.45. The molecule has 18 heavy (non-hydrogen) atoms. The number of rotatable bonds is 6. The average Bonchev–Trinajstić information content (AvgIpc) is 3.00. The largest absolute Gasteiger partial charge is 0.374 e. The Morgan fingerprint density at radius 3 is 2.83 bits per heavy atom. The van der Waals surface area contributed by atoms with Crippen molar-refractivity contribution in [1.29, 1.82) is 0 Å². The molecule has 0 N–H and O–H groups in total. The number of hydrogen-bond acceptors (Lipinski definition) is 3. The van der Waals surface area contributed by atoms with Gasteiger partial charge in [-0.15, -0.1) is 0 Å². The number of allylic oxidation sites excluding steroid dienone is 1. The lowest BCUT2D eigenvalue weighted by atomic mass is 10.1. The summed E-state index contributed by atoms with van der Waals surface area (Å²) in [7, 11) is 0. The average molecular weight is 246 g/mol. The highest BCUT2D eigenvalue weighted by Gasteiger charge is 2.50. The first kappa shape index (κ1) is 13.0. The van der Waals surface area contributed by atoms with E-state index in [9.17, 15) is 4.79 Å². The Morgan fingerprint density at radius 1 is 1.44 bits per heavy atom. The third-order valence-electron chi connectivity index (χ3n) is 3.01. The molecule has 96 valence electrons.